The average molecular weight is 274 g/mol. The number of carboxylic acid groups (broad SMARTS) is 1. The summed E-state index contributed by atoms with van der Waals surface area (Å²) >= 11 is 1.51. The maximum Gasteiger partial charge on any atom is 0.336 e. The minimum absolute atomic E-state index is 0.247. The molecule has 1 N–H and O–H groups in total. The van der Waals surface area contributed by atoms with E-state index in [1.807, 2.05) is 6.07 Å². The minimum Gasteiger partial charge on any atom is -0.478 e. The second-order valence-electron chi connectivity index (χ2n) is 4.44. The number of carbonyl (C=O) groups is 1. The zero-order chi connectivity index (χ0) is 13.4. The molecule has 4 heteroatoms. The molecular weight excluding hydrogens is 263 g/mol. The van der Waals surface area contributed by atoms with E-state index in [0.717, 1.165) is 20.9 Å². The molecule has 0 fully saturated rings. The molecule has 0 aromatic heterocycles. The highest BCUT2D eigenvalue weighted by atomic mass is 32.2. The van der Waals surface area contributed by atoms with Crippen molar-refractivity contribution in [3.05, 3.63) is 58.9 Å². The Hall–Kier alpha value is -1.81. The van der Waals surface area contributed by atoms with Crippen molar-refractivity contribution in [3.63, 3.8) is 0 Å². The van der Waals surface area contributed by atoms with Crippen LogP contribution in [0.15, 0.2) is 46.2 Å². The molecule has 2 nitrogen and oxygen atoms in total. The number of aryl methyl sites for hydroxylation is 1. The molecule has 0 atom stereocenters. The van der Waals surface area contributed by atoms with Gasteiger partial charge in [0.25, 0.3) is 0 Å². The molecule has 2 aromatic carbocycles. The third-order valence-corrected chi connectivity index (χ3v) is 4.47. The van der Waals surface area contributed by atoms with Crippen LogP contribution in [0.5, 0.6) is 0 Å². The van der Waals surface area contributed by atoms with Gasteiger partial charge in [-0.1, -0.05) is 17.8 Å². The van der Waals surface area contributed by atoms with Crippen molar-refractivity contribution < 1.29 is 14.3 Å². The summed E-state index contributed by atoms with van der Waals surface area (Å²) in [4.78, 5) is 13.2. The van der Waals surface area contributed by atoms with Gasteiger partial charge in [0.05, 0.1) is 5.56 Å². The van der Waals surface area contributed by atoms with E-state index in [9.17, 15) is 14.3 Å². The van der Waals surface area contributed by atoms with Gasteiger partial charge >= 0.3 is 5.97 Å². The van der Waals surface area contributed by atoms with Crippen molar-refractivity contribution in [3.8, 4) is 0 Å². The lowest BCUT2D eigenvalue weighted by Crippen LogP contribution is -2.04. The molecule has 2 aromatic rings. The van der Waals surface area contributed by atoms with Crippen molar-refractivity contribution in [1.82, 2.24) is 0 Å². The molecule has 1 aliphatic rings. The van der Waals surface area contributed by atoms with Crippen molar-refractivity contribution in [2.45, 2.75) is 22.6 Å². The SMILES string of the molecule is O=C(O)c1cccc2c1CCc1cc(F)ccc1S2. The van der Waals surface area contributed by atoms with E-state index in [2.05, 4.69) is 0 Å². The fraction of sp³-hybridized carbons (Fsp3) is 0.133. The highest BCUT2D eigenvalue weighted by Crippen LogP contribution is 2.38. The largest absolute Gasteiger partial charge is 0.478 e. The van der Waals surface area contributed by atoms with E-state index in [1.54, 1.807) is 18.2 Å². The Bertz CT molecular complexity index is 667. The lowest BCUT2D eigenvalue weighted by atomic mass is 10.00. The van der Waals surface area contributed by atoms with Crippen molar-refractivity contribution >= 4 is 17.7 Å². The predicted octanol–water partition coefficient (Wildman–Crippen LogP) is 3.77. The first kappa shape index (κ1) is 12.2. The number of hydrogen-bond acceptors (Lipinski definition) is 2. The summed E-state index contributed by atoms with van der Waals surface area (Å²) in [5, 5.41) is 9.22. The lowest BCUT2D eigenvalue weighted by molar-refractivity contribution is 0.0695. The third kappa shape index (κ3) is 2.24. The molecule has 0 unspecified atom stereocenters. The van der Waals surface area contributed by atoms with E-state index in [0.29, 0.717) is 18.4 Å². The monoisotopic (exact) mass is 274 g/mol. The van der Waals surface area contributed by atoms with Gasteiger partial charge < -0.3 is 5.11 Å². The molecule has 0 bridgehead atoms. The Labute approximate surface area is 114 Å². The van der Waals surface area contributed by atoms with Gasteiger partial charge in [-0.25, -0.2) is 9.18 Å². The van der Waals surface area contributed by atoms with Crippen LogP contribution in [0.4, 0.5) is 4.39 Å². The number of rotatable bonds is 1. The van der Waals surface area contributed by atoms with Crippen molar-refractivity contribution in [1.29, 1.82) is 0 Å². The van der Waals surface area contributed by atoms with E-state index < -0.39 is 5.97 Å². The van der Waals surface area contributed by atoms with Gasteiger partial charge in [0.1, 0.15) is 5.82 Å². The molecule has 0 amide bonds. The molecular formula is C15H11FO2S. The van der Waals surface area contributed by atoms with Gasteiger partial charge in [-0.3, -0.25) is 0 Å². The molecule has 0 saturated heterocycles. The van der Waals surface area contributed by atoms with Crippen LogP contribution >= 0.6 is 11.8 Å². The standard InChI is InChI=1S/C15H11FO2S/c16-10-5-7-13-9(8-10)4-6-11-12(15(17)18)2-1-3-14(11)19-13/h1-3,5,7-8H,4,6H2,(H,17,18). The molecule has 96 valence electrons. The molecule has 0 saturated carbocycles. The summed E-state index contributed by atoms with van der Waals surface area (Å²) in [6.07, 6.45) is 1.29. The fourth-order valence-corrected chi connectivity index (χ4v) is 3.49. The van der Waals surface area contributed by atoms with Gasteiger partial charge in [-0.15, -0.1) is 0 Å². The van der Waals surface area contributed by atoms with Crippen LogP contribution in [-0.4, -0.2) is 11.1 Å². The first-order chi connectivity index (χ1) is 9.15. The van der Waals surface area contributed by atoms with Gasteiger partial charge in [0, 0.05) is 9.79 Å². The number of halogens is 1. The molecule has 0 aliphatic carbocycles. The molecule has 1 aliphatic heterocycles. The topological polar surface area (TPSA) is 37.3 Å². The third-order valence-electron chi connectivity index (χ3n) is 3.25. The Morgan fingerprint density at radius 1 is 1.16 bits per heavy atom. The Kier molecular flexibility index (Phi) is 3.03. The summed E-state index contributed by atoms with van der Waals surface area (Å²) in [7, 11) is 0. The van der Waals surface area contributed by atoms with E-state index in [-0.39, 0.29) is 5.82 Å². The van der Waals surface area contributed by atoms with E-state index >= 15 is 0 Å². The van der Waals surface area contributed by atoms with Crippen LogP contribution in [0.1, 0.15) is 21.5 Å². The number of fused-ring (bicyclic) bond motifs is 2. The van der Waals surface area contributed by atoms with Crippen LogP contribution in [-0.2, 0) is 12.8 Å². The Morgan fingerprint density at radius 2 is 2.00 bits per heavy atom. The van der Waals surface area contributed by atoms with Crippen LogP contribution in [0.3, 0.4) is 0 Å². The number of aromatic carboxylic acids is 1. The normalized spacial score (nSPS) is 13.3. The second-order valence-corrected chi connectivity index (χ2v) is 5.53. The number of carboxylic acids is 1. The second kappa shape index (κ2) is 4.70. The first-order valence-corrected chi connectivity index (χ1v) is 6.78. The maximum absolute atomic E-state index is 13.3. The lowest BCUT2D eigenvalue weighted by Gasteiger charge is -2.08. The Balaban J connectivity index is 2.10. The molecule has 1 heterocycles. The van der Waals surface area contributed by atoms with Crippen LogP contribution in [0.2, 0.25) is 0 Å². The van der Waals surface area contributed by atoms with Gasteiger partial charge in [0.2, 0.25) is 0 Å². The first-order valence-electron chi connectivity index (χ1n) is 5.96. The maximum atomic E-state index is 13.3. The summed E-state index contributed by atoms with van der Waals surface area (Å²) in [6.45, 7) is 0. The molecule has 19 heavy (non-hydrogen) atoms. The molecule has 3 rings (SSSR count). The van der Waals surface area contributed by atoms with Crippen molar-refractivity contribution in [2.75, 3.05) is 0 Å². The van der Waals surface area contributed by atoms with E-state index in [4.69, 9.17) is 0 Å². The van der Waals surface area contributed by atoms with Crippen LogP contribution < -0.4 is 0 Å². The summed E-state index contributed by atoms with van der Waals surface area (Å²) in [6, 6.07) is 10.0. The molecule has 0 radical (unpaired) electrons. The predicted molar refractivity (Wildman–Crippen MR) is 71.3 cm³/mol. The van der Waals surface area contributed by atoms with Gasteiger partial charge in [-0.05, 0) is 54.3 Å². The van der Waals surface area contributed by atoms with Crippen molar-refractivity contribution in [2.24, 2.45) is 0 Å². The summed E-state index contributed by atoms with van der Waals surface area (Å²) < 4.78 is 13.3. The van der Waals surface area contributed by atoms with E-state index in [1.165, 1.54) is 23.9 Å². The highest BCUT2D eigenvalue weighted by Gasteiger charge is 2.19. The van der Waals surface area contributed by atoms with Crippen LogP contribution in [0.25, 0.3) is 0 Å². The number of benzene rings is 2. The fourth-order valence-electron chi connectivity index (χ4n) is 2.34. The Morgan fingerprint density at radius 3 is 2.79 bits per heavy atom. The average Bonchev–Trinajstić information content (AvgIpc) is 2.57. The smallest absolute Gasteiger partial charge is 0.336 e. The summed E-state index contributed by atoms with van der Waals surface area (Å²) in [5.41, 5.74) is 2.13. The number of hydrogen-bond donors (Lipinski definition) is 1. The summed E-state index contributed by atoms with van der Waals surface area (Å²) in [5.74, 6) is -1.15. The molecule has 0 spiro atoms. The quantitative estimate of drug-likeness (QED) is 0.860. The zero-order valence-corrected chi connectivity index (χ0v) is 10.8. The minimum atomic E-state index is -0.908. The highest BCUT2D eigenvalue weighted by molar-refractivity contribution is 7.99. The van der Waals surface area contributed by atoms with Gasteiger partial charge in [-0.2, -0.15) is 0 Å². The van der Waals surface area contributed by atoms with Crippen LogP contribution in [0, 0.1) is 5.82 Å². The van der Waals surface area contributed by atoms with Gasteiger partial charge in [0.15, 0.2) is 0 Å². The zero-order valence-electron chi connectivity index (χ0n) is 10.0.